The summed E-state index contributed by atoms with van der Waals surface area (Å²) in [5, 5.41) is 10.3. The Balaban J connectivity index is 2.35. The van der Waals surface area contributed by atoms with Gasteiger partial charge >= 0.3 is 0 Å². The van der Waals surface area contributed by atoms with E-state index in [1.807, 2.05) is 0 Å². The summed E-state index contributed by atoms with van der Waals surface area (Å²) in [4.78, 5) is 0. The van der Waals surface area contributed by atoms with Gasteiger partial charge in [-0.15, -0.1) is 0 Å². The molecule has 1 rings (SSSR count). The van der Waals surface area contributed by atoms with Gasteiger partial charge in [0.1, 0.15) is 0 Å². The molecule has 4 nitrogen and oxygen atoms in total. The molecule has 0 radical (unpaired) electrons. The molecule has 1 fully saturated rings. The van der Waals surface area contributed by atoms with Crippen LogP contribution in [0.4, 0.5) is 0 Å². The zero-order valence-corrected chi connectivity index (χ0v) is 17.2. The van der Waals surface area contributed by atoms with Crippen molar-refractivity contribution in [3.63, 3.8) is 0 Å². The van der Waals surface area contributed by atoms with Gasteiger partial charge in [0.2, 0.25) is 0 Å². The van der Waals surface area contributed by atoms with Crippen molar-refractivity contribution >= 4 is 0 Å². The largest absolute Gasteiger partial charge is 0.393 e. The maximum absolute atomic E-state index is 10.3. The topological polar surface area (TPSA) is 47.9 Å². The zero-order chi connectivity index (χ0) is 18.7. The fourth-order valence-corrected chi connectivity index (χ4v) is 4.13. The summed E-state index contributed by atoms with van der Waals surface area (Å²) in [6, 6.07) is 0. The fraction of sp³-hybridized carbons (Fsp3) is 1.00. The number of ether oxygens (including phenoxy) is 3. The van der Waals surface area contributed by atoms with Crippen LogP contribution in [0.2, 0.25) is 0 Å². The summed E-state index contributed by atoms with van der Waals surface area (Å²) in [6.07, 6.45) is 9.46. The van der Waals surface area contributed by atoms with Crippen molar-refractivity contribution in [2.24, 2.45) is 17.8 Å². The van der Waals surface area contributed by atoms with Crippen molar-refractivity contribution in [3.8, 4) is 0 Å². The van der Waals surface area contributed by atoms with E-state index < -0.39 is 0 Å². The first kappa shape index (κ1) is 22.9. The lowest BCUT2D eigenvalue weighted by atomic mass is 9.72. The molecule has 1 aliphatic carbocycles. The van der Waals surface area contributed by atoms with Crippen LogP contribution in [0, 0.1) is 17.8 Å². The van der Waals surface area contributed by atoms with Crippen molar-refractivity contribution in [3.05, 3.63) is 0 Å². The van der Waals surface area contributed by atoms with E-state index in [-0.39, 0.29) is 24.2 Å². The Morgan fingerprint density at radius 3 is 2.36 bits per heavy atom. The van der Waals surface area contributed by atoms with Crippen molar-refractivity contribution in [1.29, 1.82) is 0 Å². The van der Waals surface area contributed by atoms with Crippen molar-refractivity contribution in [2.45, 2.75) is 90.4 Å². The summed E-state index contributed by atoms with van der Waals surface area (Å²) in [5.41, 5.74) is 0. The van der Waals surface area contributed by atoms with E-state index in [2.05, 4.69) is 20.8 Å². The second-order valence-corrected chi connectivity index (χ2v) is 7.92. The summed E-state index contributed by atoms with van der Waals surface area (Å²) < 4.78 is 17.2. The maximum atomic E-state index is 10.3. The third-order valence-electron chi connectivity index (χ3n) is 6.03. The van der Waals surface area contributed by atoms with Gasteiger partial charge in [-0.05, 0) is 31.1 Å². The van der Waals surface area contributed by atoms with E-state index in [0.717, 1.165) is 19.3 Å². The minimum atomic E-state index is -0.293. The minimum Gasteiger partial charge on any atom is -0.393 e. The minimum absolute atomic E-state index is 0.103. The Bertz CT molecular complexity index is 323. The molecular weight excluding hydrogens is 316 g/mol. The molecule has 0 aliphatic heterocycles. The molecule has 0 bridgehead atoms. The highest BCUT2D eigenvalue weighted by molar-refractivity contribution is 4.89. The quantitative estimate of drug-likeness (QED) is 0.495. The fourth-order valence-electron chi connectivity index (χ4n) is 4.13. The van der Waals surface area contributed by atoms with E-state index in [1.54, 1.807) is 14.2 Å². The van der Waals surface area contributed by atoms with Gasteiger partial charge in [-0.25, -0.2) is 0 Å². The van der Waals surface area contributed by atoms with Gasteiger partial charge in [-0.3, -0.25) is 0 Å². The SMILES string of the molecule is CCCCCCCC(CCOC1C(C)C(O)CC(COC)C1C)OC. The molecule has 0 aromatic heterocycles. The van der Waals surface area contributed by atoms with E-state index in [1.165, 1.54) is 32.1 Å². The Labute approximate surface area is 155 Å². The van der Waals surface area contributed by atoms with Crippen molar-refractivity contribution < 1.29 is 19.3 Å². The van der Waals surface area contributed by atoms with Gasteiger partial charge in [-0.1, -0.05) is 52.9 Å². The van der Waals surface area contributed by atoms with Gasteiger partial charge in [0.25, 0.3) is 0 Å². The van der Waals surface area contributed by atoms with Crippen LogP contribution in [0.3, 0.4) is 0 Å². The number of rotatable bonds is 13. The molecule has 1 N–H and O–H groups in total. The first-order valence-electron chi connectivity index (χ1n) is 10.4. The Kier molecular flexibility index (Phi) is 12.0. The van der Waals surface area contributed by atoms with Gasteiger partial charge < -0.3 is 19.3 Å². The van der Waals surface area contributed by atoms with Crippen LogP contribution in [-0.2, 0) is 14.2 Å². The molecule has 0 heterocycles. The third-order valence-corrected chi connectivity index (χ3v) is 6.03. The number of aliphatic hydroxyl groups excluding tert-OH is 1. The third kappa shape index (κ3) is 7.94. The lowest BCUT2D eigenvalue weighted by molar-refractivity contribution is -0.121. The first-order valence-corrected chi connectivity index (χ1v) is 10.4. The van der Waals surface area contributed by atoms with E-state index in [9.17, 15) is 5.11 Å². The van der Waals surface area contributed by atoms with E-state index in [0.29, 0.717) is 25.0 Å². The molecule has 0 amide bonds. The van der Waals surface area contributed by atoms with Crippen LogP contribution < -0.4 is 0 Å². The van der Waals surface area contributed by atoms with Crippen LogP contribution in [-0.4, -0.2) is 50.9 Å². The van der Waals surface area contributed by atoms with Crippen LogP contribution in [0.1, 0.15) is 72.1 Å². The molecule has 0 saturated heterocycles. The van der Waals surface area contributed by atoms with E-state index >= 15 is 0 Å². The van der Waals surface area contributed by atoms with Gasteiger partial charge in [0.05, 0.1) is 18.3 Å². The van der Waals surface area contributed by atoms with Gasteiger partial charge in [0.15, 0.2) is 0 Å². The van der Waals surface area contributed by atoms with E-state index in [4.69, 9.17) is 14.2 Å². The number of hydrogen-bond donors (Lipinski definition) is 1. The molecule has 0 spiro atoms. The molecule has 25 heavy (non-hydrogen) atoms. The summed E-state index contributed by atoms with van der Waals surface area (Å²) >= 11 is 0. The van der Waals surface area contributed by atoms with Crippen LogP contribution in [0.25, 0.3) is 0 Å². The summed E-state index contributed by atoms with van der Waals surface area (Å²) in [6.45, 7) is 7.99. The Morgan fingerprint density at radius 2 is 1.72 bits per heavy atom. The second-order valence-electron chi connectivity index (χ2n) is 7.92. The zero-order valence-electron chi connectivity index (χ0n) is 17.2. The standard InChI is InChI=1S/C21H42O4/c1-6-7-8-9-10-11-19(24-5)12-13-25-21-16(2)18(15-23-4)14-20(22)17(21)3/h16-22H,6-15H2,1-5H3. The monoisotopic (exact) mass is 358 g/mol. The van der Waals surface area contributed by atoms with Crippen LogP contribution in [0.5, 0.6) is 0 Å². The molecule has 1 aliphatic rings. The molecule has 0 aromatic carbocycles. The number of unbranched alkanes of at least 4 members (excludes halogenated alkanes) is 4. The molecule has 1 saturated carbocycles. The lowest BCUT2D eigenvalue weighted by Gasteiger charge is -2.42. The van der Waals surface area contributed by atoms with Crippen molar-refractivity contribution in [2.75, 3.05) is 27.4 Å². The highest BCUT2D eigenvalue weighted by Crippen LogP contribution is 2.36. The predicted octanol–water partition coefficient (Wildman–Crippen LogP) is 4.44. The maximum Gasteiger partial charge on any atom is 0.0654 e. The normalized spacial score (nSPS) is 31.2. The Hall–Kier alpha value is -0.160. The van der Waals surface area contributed by atoms with Crippen molar-refractivity contribution in [1.82, 2.24) is 0 Å². The molecular formula is C21H42O4. The number of methoxy groups -OCH3 is 2. The molecule has 6 unspecified atom stereocenters. The highest BCUT2D eigenvalue weighted by Gasteiger charge is 2.40. The number of aliphatic hydroxyl groups is 1. The highest BCUT2D eigenvalue weighted by atomic mass is 16.5. The van der Waals surface area contributed by atoms with Crippen LogP contribution in [0.15, 0.2) is 0 Å². The first-order chi connectivity index (χ1) is 12.0. The molecule has 150 valence electrons. The summed E-state index contributed by atoms with van der Waals surface area (Å²) in [5.74, 6) is 0.963. The molecule has 6 atom stereocenters. The molecule has 0 aromatic rings. The smallest absolute Gasteiger partial charge is 0.0654 e. The Morgan fingerprint density at radius 1 is 1.00 bits per heavy atom. The number of hydrogen-bond acceptors (Lipinski definition) is 4. The average molecular weight is 359 g/mol. The lowest BCUT2D eigenvalue weighted by Crippen LogP contribution is -2.47. The van der Waals surface area contributed by atoms with Crippen LogP contribution >= 0.6 is 0 Å². The second kappa shape index (κ2) is 13.1. The van der Waals surface area contributed by atoms with Gasteiger partial charge in [0, 0.05) is 33.4 Å². The predicted molar refractivity (Wildman–Crippen MR) is 103 cm³/mol. The molecule has 4 heteroatoms. The average Bonchev–Trinajstić information content (AvgIpc) is 2.60. The van der Waals surface area contributed by atoms with Gasteiger partial charge in [-0.2, -0.15) is 0 Å². The summed E-state index contributed by atoms with van der Waals surface area (Å²) in [7, 11) is 3.54.